The van der Waals surface area contributed by atoms with Gasteiger partial charge in [0, 0.05) is 16.5 Å². The summed E-state index contributed by atoms with van der Waals surface area (Å²) >= 11 is 0. The Morgan fingerprint density at radius 1 is 1.00 bits per heavy atom. The molecule has 0 spiro atoms. The number of aromatic amines is 1. The molecular formula is C16H12FNO. The Bertz CT molecular complexity index is 803. The van der Waals surface area contributed by atoms with Crippen LogP contribution in [0.15, 0.2) is 53.3 Å². The van der Waals surface area contributed by atoms with Crippen LogP contribution in [0.5, 0.6) is 0 Å². The van der Waals surface area contributed by atoms with Crippen LogP contribution in [0.25, 0.3) is 22.2 Å². The highest BCUT2D eigenvalue weighted by molar-refractivity contribution is 5.83. The molecule has 1 heterocycles. The van der Waals surface area contributed by atoms with Gasteiger partial charge in [-0.3, -0.25) is 4.79 Å². The fraction of sp³-hybridized carbons (Fsp3) is 0.0625. The molecule has 19 heavy (non-hydrogen) atoms. The molecule has 0 amide bonds. The number of nitrogens with one attached hydrogen (secondary N) is 1. The summed E-state index contributed by atoms with van der Waals surface area (Å²) in [4.78, 5) is 15.5. The van der Waals surface area contributed by atoms with Gasteiger partial charge in [0.25, 0.3) is 0 Å². The quantitative estimate of drug-likeness (QED) is 0.705. The molecule has 0 fully saturated rings. The monoisotopic (exact) mass is 253 g/mol. The van der Waals surface area contributed by atoms with Crippen LogP contribution in [0.1, 0.15) is 5.56 Å². The van der Waals surface area contributed by atoms with E-state index in [-0.39, 0.29) is 11.2 Å². The van der Waals surface area contributed by atoms with Crippen molar-refractivity contribution in [1.29, 1.82) is 0 Å². The lowest BCUT2D eigenvalue weighted by atomic mass is 10.0. The van der Waals surface area contributed by atoms with Crippen molar-refractivity contribution in [3.05, 3.63) is 70.1 Å². The number of benzene rings is 2. The summed E-state index contributed by atoms with van der Waals surface area (Å²) < 4.78 is 13.0. The van der Waals surface area contributed by atoms with Crippen molar-refractivity contribution >= 4 is 10.9 Å². The first-order chi connectivity index (χ1) is 9.16. The molecule has 0 bridgehead atoms. The molecule has 94 valence electrons. The zero-order valence-electron chi connectivity index (χ0n) is 10.4. The van der Waals surface area contributed by atoms with Crippen molar-refractivity contribution in [2.75, 3.05) is 0 Å². The highest BCUT2D eigenvalue weighted by atomic mass is 19.1. The molecule has 1 N–H and O–H groups in total. The third-order valence-corrected chi connectivity index (χ3v) is 3.28. The van der Waals surface area contributed by atoms with E-state index < -0.39 is 0 Å². The van der Waals surface area contributed by atoms with E-state index >= 15 is 0 Å². The van der Waals surface area contributed by atoms with Crippen LogP contribution in [0.4, 0.5) is 4.39 Å². The summed E-state index contributed by atoms with van der Waals surface area (Å²) in [5, 5.41) is 0.672. The second-order valence-electron chi connectivity index (χ2n) is 4.51. The van der Waals surface area contributed by atoms with Crippen LogP contribution in [0, 0.1) is 12.7 Å². The summed E-state index contributed by atoms with van der Waals surface area (Å²) in [6.07, 6.45) is 0. The van der Waals surface area contributed by atoms with Gasteiger partial charge in [-0.1, -0.05) is 12.1 Å². The van der Waals surface area contributed by atoms with Crippen LogP contribution in [0.2, 0.25) is 0 Å². The minimum Gasteiger partial charge on any atom is -0.354 e. The van der Waals surface area contributed by atoms with E-state index in [1.54, 1.807) is 25.1 Å². The third kappa shape index (κ3) is 1.93. The van der Waals surface area contributed by atoms with Gasteiger partial charge in [0.15, 0.2) is 5.43 Å². The molecule has 3 heteroatoms. The van der Waals surface area contributed by atoms with Crippen LogP contribution >= 0.6 is 0 Å². The van der Waals surface area contributed by atoms with Crippen LogP contribution in [-0.4, -0.2) is 4.98 Å². The fourth-order valence-corrected chi connectivity index (χ4v) is 2.24. The summed E-state index contributed by atoms with van der Waals surface area (Å²) in [5.41, 5.74) is 2.99. The van der Waals surface area contributed by atoms with Crippen molar-refractivity contribution in [3.8, 4) is 11.3 Å². The first-order valence-electron chi connectivity index (χ1n) is 6.04. The van der Waals surface area contributed by atoms with Gasteiger partial charge in [0.05, 0.1) is 5.69 Å². The second-order valence-corrected chi connectivity index (χ2v) is 4.51. The molecule has 2 aromatic carbocycles. The standard InChI is InChI=1S/C16H12FNO/c1-10-15(11-6-8-12(17)9-7-11)18-14-5-3-2-4-13(14)16(10)19/h2-9H,1H3,(H,18,19). The Labute approximate surface area is 109 Å². The average molecular weight is 253 g/mol. The molecule has 0 aliphatic rings. The fourth-order valence-electron chi connectivity index (χ4n) is 2.24. The highest BCUT2D eigenvalue weighted by Crippen LogP contribution is 2.22. The number of aromatic nitrogens is 1. The summed E-state index contributed by atoms with van der Waals surface area (Å²) in [6.45, 7) is 1.78. The number of H-pyrrole nitrogens is 1. The molecule has 0 atom stereocenters. The number of fused-ring (bicyclic) bond motifs is 1. The molecule has 0 saturated heterocycles. The molecule has 0 aliphatic heterocycles. The van der Waals surface area contributed by atoms with Crippen molar-refractivity contribution in [2.24, 2.45) is 0 Å². The van der Waals surface area contributed by atoms with Crippen molar-refractivity contribution in [2.45, 2.75) is 6.92 Å². The van der Waals surface area contributed by atoms with Crippen molar-refractivity contribution < 1.29 is 4.39 Å². The van der Waals surface area contributed by atoms with Gasteiger partial charge in [-0.2, -0.15) is 0 Å². The van der Waals surface area contributed by atoms with Gasteiger partial charge in [-0.25, -0.2) is 4.39 Å². The van der Waals surface area contributed by atoms with Gasteiger partial charge in [0.2, 0.25) is 0 Å². The number of rotatable bonds is 1. The minimum absolute atomic E-state index is 0.00803. The van der Waals surface area contributed by atoms with Gasteiger partial charge < -0.3 is 4.98 Å². The Kier molecular flexibility index (Phi) is 2.67. The first kappa shape index (κ1) is 11.7. The Hall–Kier alpha value is -2.42. The lowest BCUT2D eigenvalue weighted by Gasteiger charge is -2.08. The third-order valence-electron chi connectivity index (χ3n) is 3.28. The maximum absolute atomic E-state index is 13.0. The maximum Gasteiger partial charge on any atom is 0.192 e. The lowest BCUT2D eigenvalue weighted by Crippen LogP contribution is -2.09. The molecule has 0 saturated carbocycles. The SMILES string of the molecule is Cc1c(-c2ccc(F)cc2)[nH]c2ccccc2c1=O. The number of halogens is 1. The summed E-state index contributed by atoms with van der Waals surface area (Å²) in [5.74, 6) is -0.287. The normalized spacial score (nSPS) is 10.8. The number of hydrogen-bond acceptors (Lipinski definition) is 1. The van der Waals surface area contributed by atoms with E-state index in [9.17, 15) is 9.18 Å². The van der Waals surface area contributed by atoms with E-state index in [2.05, 4.69) is 4.98 Å². The van der Waals surface area contributed by atoms with Crippen LogP contribution in [0.3, 0.4) is 0 Å². The Balaban J connectivity index is 2.33. The van der Waals surface area contributed by atoms with Gasteiger partial charge in [0.1, 0.15) is 5.82 Å². The molecule has 3 aromatic rings. The van der Waals surface area contributed by atoms with Gasteiger partial charge in [-0.05, 0) is 48.9 Å². The van der Waals surface area contributed by atoms with Crippen molar-refractivity contribution in [3.63, 3.8) is 0 Å². The molecule has 0 unspecified atom stereocenters. The van der Waals surface area contributed by atoms with E-state index in [1.807, 2.05) is 18.2 Å². The molecule has 0 radical (unpaired) electrons. The van der Waals surface area contributed by atoms with Crippen LogP contribution < -0.4 is 5.43 Å². The largest absolute Gasteiger partial charge is 0.354 e. The summed E-state index contributed by atoms with van der Waals surface area (Å²) in [6, 6.07) is 13.5. The Morgan fingerprint density at radius 3 is 2.42 bits per heavy atom. The smallest absolute Gasteiger partial charge is 0.192 e. The van der Waals surface area contributed by atoms with Crippen LogP contribution in [-0.2, 0) is 0 Å². The number of para-hydroxylation sites is 1. The molecule has 0 aliphatic carbocycles. The maximum atomic E-state index is 13.0. The van der Waals surface area contributed by atoms with E-state index in [0.717, 1.165) is 16.8 Å². The van der Waals surface area contributed by atoms with Crippen molar-refractivity contribution in [1.82, 2.24) is 4.98 Å². The molecule has 1 aromatic heterocycles. The number of pyridine rings is 1. The van der Waals surface area contributed by atoms with Gasteiger partial charge in [-0.15, -0.1) is 0 Å². The Morgan fingerprint density at radius 2 is 1.68 bits per heavy atom. The van der Waals surface area contributed by atoms with E-state index in [1.165, 1.54) is 12.1 Å². The van der Waals surface area contributed by atoms with E-state index in [4.69, 9.17) is 0 Å². The predicted octanol–water partition coefficient (Wildman–Crippen LogP) is 3.64. The second kappa shape index (κ2) is 4.35. The first-order valence-corrected chi connectivity index (χ1v) is 6.04. The van der Waals surface area contributed by atoms with E-state index in [0.29, 0.717) is 10.9 Å². The number of hydrogen-bond donors (Lipinski definition) is 1. The molecule has 2 nitrogen and oxygen atoms in total. The van der Waals surface area contributed by atoms with Gasteiger partial charge >= 0.3 is 0 Å². The average Bonchev–Trinajstić information content (AvgIpc) is 2.44. The minimum atomic E-state index is -0.287. The lowest BCUT2D eigenvalue weighted by molar-refractivity contribution is 0.628. The topological polar surface area (TPSA) is 32.9 Å². The predicted molar refractivity (Wildman–Crippen MR) is 74.7 cm³/mol. The highest BCUT2D eigenvalue weighted by Gasteiger charge is 2.09. The zero-order chi connectivity index (χ0) is 13.4. The summed E-state index contributed by atoms with van der Waals surface area (Å²) in [7, 11) is 0. The zero-order valence-corrected chi connectivity index (χ0v) is 10.4. The molecular weight excluding hydrogens is 241 g/mol. The molecule has 3 rings (SSSR count).